The van der Waals surface area contributed by atoms with Gasteiger partial charge in [0.2, 0.25) is 0 Å². The molecule has 0 bridgehead atoms. The van der Waals surface area contributed by atoms with Crippen molar-refractivity contribution in [2.24, 2.45) is 0 Å². The topological polar surface area (TPSA) is 20.2 Å². The van der Waals surface area contributed by atoms with Gasteiger partial charge in [-0.3, -0.25) is 0 Å². The smallest absolute Gasteiger partial charge is 0.164 e. The molecule has 0 heterocycles. The first kappa shape index (κ1) is 11.0. The van der Waals surface area contributed by atoms with Gasteiger partial charge in [-0.25, -0.2) is 0 Å². The van der Waals surface area contributed by atoms with Crippen molar-refractivity contribution in [3.05, 3.63) is 64.6 Å². The van der Waals surface area contributed by atoms with E-state index in [1.807, 2.05) is 0 Å². The number of hydrogen-bond acceptors (Lipinski definition) is 1. The van der Waals surface area contributed by atoms with Gasteiger partial charge in [-0.15, -0.1) is 0 Å². The summed E-state index contributed by atoms with van der Waals surface area (Å²) in [6, 6.07) is 8.71. The zero-order valence-electron chi connectivity index (χ0n) is 11.0. The van der Waals surface area contributed by atoms with Crippen LogP contribution in [0.5, 0.6) is 0 Å². The summed E-state index contributed by atoms with van der Waals surface area (Å²) in [6.07, 6.45) is 7.77. The van der Waals surface area contributed by atoms with E-state index in [2.05, 4.69) is 43.3 Å². The Balaban J connectivity index is 2.02. The van der Waals surface area contributed by atoms with Gasteiger partial charge >= 0.3 is 0 Å². The fraction of sp³-hybridized carbons (Fsp3) is 0.222. The molecule has 2 aromatic rings. The summed E-state index contributed by atoms with van der Waals surface area (Å²) in [5, 5.41) is 12.6. The van der Waals surface area contributed by atoms with Gasteiger partial charge in [0, 0.05) is 41.8 Å². The van der Waals surface area contributed by atoms with Crippen LogP contribution in [0.1, 0.15) is 35.6 Å². The Morgan fingerprint density at radius 3 is 2.74 bits per heavy atom. The summed E-state index contributed by atoms with van der Waals surface area (Å²) >= 11 is 0. The van der Waals surface area contributed by atoms with Gasteiger partial charge in [0.15, 0.2) is 11.7 Å². The maximum Gasteiger partial charge on any atom is 0.164 e. The minimum Gasteiger partial charge on any atom is -0.303 e. The molecule has 1 N–H and O–H groups in total. The fourth-order valence-corrected chi connectivity index (χ4v) is 3.39. The highest BCUT2D eigenvalue weighted by Gasteiger charge is 2.32. The first-order valence-electron chi connectivity index (χ1n) is 6.87. The highest BCUT2D eigenvalue weighted by molar-refractivity contribution is 5.93. The van der Waals surface area contributed by atoms with Gasteiger partial charge in [-0.05, 0) is 12.1 Å². The van der Waals surface area contributed by atoms with E-state index in [9.17, 15) is 5.11 Å². The largest absolute Gasteiger partial charge is 0.303 e. The van der Waals surface area contributed by atoms with E-state index in [4.69, 9.17) is 0 Å². The van der Waals surface area contributed by atoms with Gasteiger partial charge in [0.1, 0.15) is 0 Å². The van der Waals surface area contributed by atoms with E-state index < -0.39 is 0 Å². The number of aryl methyl sites for hydroxylation is 1. The second-order valence-electron chi connectivity index (χ2n) is 5.62. The van der Waals surface area contributed by atoms with Gasteiger partial charge in [-0.2, -0.15) is 0 Å². The third-order valence-corrected chi connectivity index (χ3v) is 4.39. The SMILES string of the molecule is C[C+]1C=Cc2ccc3c4c(ccc3c2C1)[C+](O)CC4. The molecular formula is C18H16O+2. The van der Waals surface area contributed by atoms with Crippen LogP contribution in [0.3, 0.4) is 0 Å². The second kappa shape index (κ2) is 3.82. The number of aliphatic hydroxyl groups is 1. The standard InChI is InChI=1S/C18H16O/c1-11-2-3-12-4-5-13-14-8-9-18(19)16(14)7-6-15(13)17(12)10-11/h2-7,19H,8-10H2,1H3/q+2. The summed E-state index contributed by atoms with van der Waals surface area (Å²) in [6.45, 7) is 2.19. The summed E-state index contributed by atoms with van der Waals surface area (Å²) in [5.74, 6) is 1.41. The molecule has 4 rings (SSSR count). The van der Waals surface area contributed by atoms with E-state index in [0.29, 0.717) is 6.10 Å². The van der Waals surface area contributed by atoms with Crippen molar-refractivity contribution in [3.8, 4) is 0 Å². The highest BCUT2D eigenvalue weighted by atomic mass is 16.3. The number of allylic oxidation sites excluding steroid dienone is 1. The molecule has 0 spiro atoms. The van der Waals surface area contributed by atoms with Gasteiger partial charge in [0.25, 0.3) is 0 Å². The number of aliphatic hydroxyl groups excluding tert-OH is 1. The van der Waals surface area contributed by atoms with E-state index in [0.717, 1.165) is 24.8 Å². The lowest BCUT2D eigenvalue weighted by Gasteiger charge is -2.12. The van der Waals surface area contributed by atoms with Crippen molar-refractivity contribution in [2.75, 3.05) is 0 Å². The van der Waals surface area contributed by atoms with Crippen LogP contribution in [0.2, 0.25) is 0 Å². The Morgan fingerprint density at radius 2 is 1.84 bits per heavy atom. The summed E-state index contributed by atoms with van der Waals surface area (Å²) in [5.41, 5.74) is 5.15. The first-order valence-corrected chi connectivity index (χ1v) is 6.87. The first-order chi connectivity index (χ1) is 9.24. The van der Waals surface area contributed by atoms with E-state index in [-0.39, 0.29) is 0 Å². The zero-order valence-corrected chi connectivity index (χ0v) is 11.0. The Morgan fingerprint density at radius 1 is 1.05 bits per heavy atom. The molecule has 0 amide bonds. The van der Waals surface area contributed by atoms with Crippen LogP contribution in [0, 0.1) is 12.0 Å². The molecule has 0 radical (unpaired) electrons. The zero-order chi connectivity index (χ0) is 13.0. The molecule has 0 aromatic heterocycles. The third kappa shape index (κ3) is 1.52. The lowest BCUT2D eigenvalue weighted by atomic mass is 9.85. The van der Waals surface area contributed by atoms with Crippen molar-refractivity contribution in [3.63, 3.8) is 0 Å². The molecule has 0 fully saturated rings. The molecule has 19 heavy (non-hydrogen) atoms. The molecule has 2 aromatic carbocycles. The van der Waals surface area contributed by atoms with Crippen molar-refractivity contribution in [1.29, 1.82) is 0 Å². The van der Waals surface area contributed by atoms with Crippen LogP contribution in [-0.4, -0.2) is 5.11 Å². The van der Waals surface area contributed by atoms with Crippen molar-refractivity contribution in [1.82, 2.24) is 0 Å². The fourth-order valence-electron chi connectivity index (χ4n) is 3.39. The lowest BCUT2D eigenvalue weighted by Crippen LogP contribution is -2.03. The van der Waals surface area contributed by atoms with Crippen molar-refractivity contribution >= 4 is 16.8 Å². The number of fused-ring (bicyclic) bond motifs is 5. The van der Waals surface area contributed by atoms with Crippen LogP contribution < -0.4 is 0 Å². The minimum atomic E-state index is 0.553. The van der Waals surface area contributed by atoms with Gasteiger partial charge in [0.05, 0.1) is 42.0 Å². The Hall–Kier alpha value is -1.86. The molecule has 1 nitrogen and oxygen atoms in total. The molecule has 1 heteroatoms. The number of benzene rings is 2. The molecule has 0 saturated carbocycles. The van der Waals surface area contributed by atoms with E-state index in [1.54, 1.807) is 0 Å². The maximum atomic E-state index is 9.92. The van der Waals surface area contributed by atoms with Crippen molar-refractivity contribution in [2.45, 2.75) is 26.2 Å². The van der Waals surface area contributed by atoms with Crippen LogP contribution in [0.25, 0.3) is 16.8 Å². The Kier molecular flexibility index (Phi) is 2.21. The third-order valence-electron chi connectivity index (χ3n) is 4.39. The van der Waals surface area contributed by atoms with Crippen LogP contribution in [0.15, 0.2) is 30.3 Å². The predicted octanol–water partition coefficient (Wildman–Crippen LogP) is 4.20. The molecule has 0 unspecified atom stereocenters. The average Bonchev–Trinajstić information content (AvgIpc) is 2.80. The lowest BCUT2D eigenvalue weighted by molar-refractivity contribution is 0.324. The quantitative estimate of drug-likeness (QED) is 0.693. The van der Waals surface area contributed by atoms with E-state index in [1.165, 1.54) is 33.4 Å². The molecule has 2 aliphatic rings. The number of rotatable bonds is 0. The minimum absolute atomic E-state index is 0.553. The van der Waals surface area contributed by atoms with Crippen LogP contribution >= 0.6 is 0 Å². The maximum absolute atomic E-state index is 9.92. The Labute approximate surface area is 113 Å². The summed E-state index contributed by atoms with van der Waals surface area (Å²) in [4.78, 5) is 0. The summed E-state index contributed by atoms with van der Waals surface area (Å²) in [7, 11) is 0. The van der Waals surface area contributed by atoms with Gasteiger partial charge in [-0.1, -0.05) is 0 Å². The molecule has 0 atom stereocenters. The number of hydrogen-bond donors (Lipinski definition) is 1. The summed E-state index contributed by atoms with van der Waals surface area (Å²) < 4.78 is 0. The van der Waals surface area contributed by atoms with Crippen LogP contribution in [0.4, 0.5) is 0 Å². The second-order valence-corrected chi connectivity index (χ2v) is 5.62. The molecule has 0 saturated heterocycles. The monoisotopic (exact) mass is 248 g/mol. The molecular weight excluding hydrogens is 232 g/mol. The average molecular weight is 248 g/mol. The molecule has 0 aliphatic heterocycles. The van der Waals surface area contributed by atoms with Crippen molar-refractivity contribution < 1.29 is 5.11 Å². The molecule has 92 valence electrons. The Bertz CT molecular complexity index is 696. The van der Waals surface area contributed by atoms with Gasteiger partial charge < -0.3 is 5.11 Å². The highest BCUT2D eigenvalue weighted by Crippen LogP contribution is 2.38. The molecule has 2 aliphatic carbocycles. The predicted molar refractivity (Wildman–Crippen MR) is 78.2 cm³/mol. The normalized spacial score (nSPS) is 16.9. The van der Waals surface area contributed by atoms with E-state index >= 15 is 0 Å². The van der Waals surface area contributed by atoms with Crippen LogP contribution in [-0.2, 0) is 12.8 Å².